The first-order chi connectivity index (χ1) is 7.29. The van der Waals surface area contributed by atoms with Crippen LogP contribution in [0.3, 0.4) is 0 Å². The Balaban J connectivity index is 2.13. The smallest absolute Gasteiger partial charge is 0.0599 e. The van der Waals surface area contributed by atoms with Gasteiger partial charge >= 0.3 is 0 Å². The number of hydrogen-bond acceptors (Lipinski definition) is 2. The van der Waals surface area contributed by atoms with Crippen molar-refractivity contribution >= 4 is 0 Å². The van der Waals surface area contributed by atoms with Crippen molar-refractivity contribution in [1.29, 1.82) is 0 Å². The maximum atomic E-state index is 5.71. The molecular formula is C14H29NO. The van der Waals surface area contributed by atoms with Crippen LogP contribution in [-0.4, -0.2) is 24.8 Å². The van der Waals surface area contributed by atoms with Crippen LogP contribution < -0.4 is 5.32 Å². The van der Waals surface area contributed by atoms with Crippen LogP contribution in [0.5, 0.6) is 0 Å². The Morgan fingerprint density at radius 3 is 2.56 bits per heavy atom. The lowest BCUT2D eigenvalue weighted by molar-refractivity contribution is -0.00262. The third-order valence-electron chi connectivity index (χ3n) is 3.28. The Morgan fingerprint density at radius 1 is 1.31 bits per heavy atom. The van der Waals surface area contributed by atoms with Crippen molar-refractivity contribution in [1.82, 2.24) is 5.32 Å². The molecule has 0 amide bonds. The van der Waals surface area contributed by atoms with Crippen LogP contribution in [0, 0.1) is 5.41 Å². The van der Waals surface area contributed by atoms with Crippen LogP contribution in [0.2, 0.25) is 0 Å². The first-order valence-corrected chi connectivity index (χ1v) is 6.66. The van der Waals surface area contributed by atoms with Crippen molar-refractivity contribution in [3.05, 3.63) is 0 Å². The highest BCUT2D eigenvalue weighted by Crippen LogP contribution is 2.34. The molecule has 0 aromatic carbocycles. The fourth-order valence-electron chi connectivity index (χ4n) is 2.49. The lowest BCUT2D eigenvalue weighted by atomic mass is 9.75. The molecule has 0 bridgehead atoms. The summed E-state index contributed by atoms with van der Waals surface area (Å²) in [5.74, 6) is 0. The predicted octanol–water partition coefficient (Wildman–Crippen LogP) is 3.36. The van der Waals surface area contributed by atoms with E-state index in [1.165, 1.54) is 25.7 Å². The second-order valence-electron chi connectivity index (χ2n) is 6.87. The summed E-state index contributed by atoms with van der Waals surface area (Å²) in [6.45, 7) is 12.9. The van der Waals surface area contributed by atoms with E-state index < -0.39 is 0 Å². The monoisotopic (exact) mass is 227 g/mol. The average molecular weight is 227 g/mol. The zero-order chi connectivity index (χ0) is 12.2. The van der Waals surface area contributed by atoms with E-state index >= 15 is 0 Å². The van der Waals surface area contributed by atoms with Gasteiger partial charge in [0.05, 0.1) is 12.2 Å². The summed E-state index contributed by atoms with van der Waals surface area (Å²) in [5.41, 5.74) is 0.522. The van der Waals surface area contributed by atoms with E-state index in [9.17, 15) is 0 Å². The van der Waals surface area contributed by atoms with Gasteiger partial charge in [0, 0.05) is 12.6 Å². The minimum absolute atomic E-state index is 0.00643. The van der Waals surface area contributed by atoms with E-state index in [0.29, 0.717) is 11.5 Å². The summed E-state index contributed by atoms with van der Waals surface area (Å²) in [4.78, 5) is 0. The summed E-state index contributed by atoms with van der Waals surface area (Å²) in [6, 6.07) is 0.701. The highest BCUT2D eigenvalue weighted by molar-refractivity contribution is 4.83. The van der Waals surface area contributed by atoms with E-state index in [2.05, 4.69) is 39.9 Å². The molecule has 1 unspecified atom stereocenters. The minimum atomic E-state index is -0.00643. The maximum absolute atomic E-state index is 5.71. The zero-order valence-corrected chi connectivity index (χ0v) is 11.7. The molecule has 0 aromatic heterocycles. The summed E-state index contributed by atoms with van der Waals surface area (Å²) in [5, 5.41) is 3.62. The third-order valence-corrected chi connectivity index (χ3v) is 3.28. The lowest BCUT2D eigenvalue weighted by Crippen LogP contribution is -2.39. The van der Waals surface area contributed by atoms with Crippen molar-refractivity contribution in [2.45, 2.75) is 71.9 Å². The van der Waals surface area contributed by atoms with Crippen LogP contribution in [0.1, 0.15) is 60.3 Å². The molecule has 1 aliphatic rings. The SMILES string of the molecule is CC1(C)CCCC(NCCOC(C)(C)C)C1. The van der Waals surface area contributed by atoms with Crippen LogP contribution >= 0.6 is 0 Å². The van der Waals surface area contributed by atoms with Crippen LogP contribution in [-0.2, 0) is 4.74 Å². The van der Waals surface area contributed by atoms with Gasteiger partial charge in [0.1, 0.15) is 0 Å². The Bertz CT molecular complexity index is 205. The normalized spacial score (nSPS) is 25.7. The fourth-order valence-corrected chi connectivity index (χ4v) is 2.49. The molecule has 0 aromatic rings. The highest BCUT2D eigenvalue weighted by Gasteiger charge is 2.27. The van der Waals surface area contributed by atoms with Crippen LogP contribution in [0.4, 0.5) is 0 Å². The van der Waals surface area contributed by atoms with E-state index in [-0.39, 0.29) is 5.60 Å². The number of ether oxygens (including phenoxy) is 1. The molecule has 16 heavy (non-hydrogen) atoms. The molecule has 0 radical (unpaired) electrons. The lowest BCUT2D eigenvalue weighted by Gasteiger charge is -2.35. The molecule has 1 saturated carbocycles. The Kier molecular flexibility index (Phi) is 4.81. The number of rotatable bonds is 4. The van der Waals surface area contributed by atoms with Gasteiger partial charge in [0.15, 0.2) is 0 Å². The molecule has 1 aliphatic carbocycles. The number of hydrogen-bond donors (Lipinski definition) is 1. The van der Waals surface area contributed by atoms with Crippen molar-refractivity contribution in [3.63, 3.8) is 0 Å². The van der Waals surface area contributed by atoms with Crippen molar-refractivity contribution in [2.24, 2.45) is 5.41 Å². The largest absolute Gasteiger partial charge is 0.375 e. The van der Waals surface area contributed by atoms with Gasteiger partial charge in [-0.2, -0.15) is 0 Å². The first kappa shape index (κ1) is 14.0. The molecule has 1 N–H and O–H groups in total. The van der Waals surface area contributed by atoms with E-state index in [0.717, 1.165) is 13.2 Å². The van der Waals surface area contributed by atoms with Crippen molar-refractivity contribution < 1.29 is 4.74 Å². The Morgan fingerprint density at radius 2 is 2.00 bits per heavy atom. The molecule has 1 rings (SSSR count). The van der Waals surface area contributed by atoms with E-state index in [1.807, 2.05) is 0 Å². The standard InChI is InChI=1S/C14H29NO/c1-13(2,3)16-10-9-15-12-7-6-8-14(4,5)11-12/h12,15H,6-11H2,1-5H3. The molecular weight excluding hydrogens is 198 g/mol. The summed E-state index contributed by atoms with van der Waals surface area (Å²) in [7, 11) is 0. The third kappa shape index (κ3) is 5.86. The van der Waals surface area contributed by atoms with E-state index in [4.69, 9.17) is 4.74 Å². The van der Waals surface area contributed by atoms with Gasteiger partial charge in [0.2, 0.25) is 0 Å². The van der Waals surface area contributed by atoms with E-state index in [1.54, 1.807) is 0 Å². The fraction of sp³-hybridized carbons (Fsp3) is 1.00. The second kappa shape index (κ2) is 5.50. The highest BCUT2D eigenvalue weighted by atomic mass is 16.5. The quantitative estimate of drug-likeness (QED) is 0.744. The second-order valence-corrected chi connectivity index (χ2v) is 6.87. The predicted molar refractivity (Wildman–Crippen MR) is 69.7 cm³/mol. The molecule has 0 saturated heterocycles. The molecule has 2 nitrogen and oxygen atoms in total. The minimum Gasteiger partial charge on any atom is -0.375 e. The zero-order valence-electron chi connectivity index (χ0n) is 11.7. The average Bonchev–Trinajstić information content (AvgIpc) is 2.09. The molecule has 0 spiro atoms. The molecule has 1 atom stereocenters. The van der Waals surface area contributed by atoms with Crippen molar-refractivity contribution in [3.8, 4) is 0 Å². The molecule has 0 aliphatic heterocycles. The van der Waals surface area contributed by atoms with Gasteiger partial charge in [-0.3, -0.25) is 0 Å². The summed E-state index contributed by atoms with van der Waals surface area (Å²) < 4.78 is 5.71. The van der Waals surface area contributed by atoms with Gasteiger partial charge in [-0.1, -0.05) is 20.3 Å². The van der Waals surface area contributed by atoms with Gasteiger partial charge in [-0.15, -0.1) is 0 Å². The van der Waals surface area contributed by atoms with Gasteiger partial charge in [0.25, 0.3) is 0 Å². The Labute approximate surface area is 101 Å². The molecule has 2 heteroatoms. The summed E-state index contributed by atoms with van der Waals surface area (Å²) >= 11 is 0. The number of nitrogens with one attached hydrogen (secondary N) is 1. The Hall–Kier alpha value is -0.0800. The maximum Gasteiger partial charge on any atom is 0.0599 e. The van der Waals surface area contributed by atoms with Crippen LogP contribution in [0.25, 0.3) is 0 Å². The molecule has 1 fully saturated rings. The molecule has 0 heterocycles. The van der Waals surface area contributed by atoms with Gasteiger partial charge < -0.3 is 10.1 Å². The topological polar surface area (TPSA) is 21.3 Å². The van der Waals surface area contributed by atoms with Crippen LogP contribution in [0.15, 0.2) is 0 Å². The van der Waals surface area contributed by atoms with Crippen molar-refractivity contribution in [2.75, 3.05) is 13.2 Å². The van der Waals surface area contributed by atoms with Gasteiger partial charge in [-0.05, 0) is 45.4 Å². The summed E-state index contributed by atoms with van der Waals surface area (Å²) in [6.07, 6.45) is 5.38. The van der Waals surface area contributed by atoms with Gasteiger partial charge in [-0.25, -0.2) is 0 Å². The first-order valence-electron chi connectivity index (χ1n) is 6.66. The molecule has 96 valence electrons.